The fourth-order valence-electron chi connectivity index (χ4n) is 2.07. The van der Waals surface area contributed by atoms with Crippen molar-refractivity contribution in [3.8, 4) is 0 Å². The van der Waals surface area contributed by atoms with Gasteiger partial charge in [-0.1, -0.05) is 0 Å². The van der Waals surface area contributed by atoms with Crippen molar-refractivity contribution in [1.29, 1.82) is 0 Å². The number of hydrogen-bond acceptors (Lipinski definition) is 4. The van der Waals surface area contributed by atoms with E-state index in [-0.39, 0.29) is 0 Å². The Bertz CT molecular complexity index is 439. The summed E-state index contributed by atoms with van der Waals surface area (Å²) in [4.78, 5) is 11.1. The Kier molecular flexibility index (Phi) is 2.55. The van der Waals surface area contributed by atoms with Crippen LogP contribution in [0.4, 0.5) is 0 Å². The van der Waals surface area contributed by atoms with Crippen LogP contribution in [0.1, 0.15) is 5.69 Å². The van der Waals surface area contributed by atoms with Crippen LogP contribution in [0.25, 0.3) is 5.65 Å². The van der Waals surface area contributed by atoms with Crippen LogP contribution < -0.4 is 5.32 Å². The minimum atomic E-state index is 0.934. The molecule has 0 atom stereocenters. The number of nitrogens with one attached hydrogen (secondary N) is 1. The largest absolute Gasteiger partial charge is 0.314 e. The van der Waals surface area contributed by atoms with Gasteiger partial charge in [-0.25, -0.2) is 9.97 Å². The molecule has 3 heterocycles. The maximum absolute atomic E-state index is 4.57. The summed E-state index contributed by atoms with van der Waals surface area (Å²) in [7, 11) is 0. The molecule has 0 spiro atoms. The summed E-state index contributed by atoms with van der Waals surface area (Å²) in [6, 6.07) is 1.93. The van der Waals surface area contributed by atoms with E-state index in [0.29, 0.717) is 0 Å². The van der Waals surface area contributed by atoms with Gasteiger partial charge >= 0.3 is 0 Å². The topological polar surface area (TPSA) is 45.5 Å². The van der Waals surface area contributed by atoms with E-state index in [4.69, 9.17) is 0 Å². The monoisotopic (exact) mass is 217 g/mol. The van der Waals surface area contributed by atoms with Crippen LogP contribution >= 0.6 is 0 Å². The van der Waals surface area contributed by atoms with Crippen molar-refractivity contribution in [2.45, 2.75) is 6.54 Å². The lowest BCUT2D eigenvalue weighted by Crippen LogP contribution is -2.42. The van der Waals surface area contributed by atoms with Crippen LogP contribution in [0.15, 0.2) is 24.8 Å². The van der Waals surface area contributed by atoms with Crippen molar-refractivity contribution < 1.29 is 0 Å². The highest BCUT2D eigenvalue weighted by Gasteiger charge is 2.11. The van der Waals surface area contributed by atoms with Gasteiger partial charge in [-0.15, -0.1) is 0 Å². The van der Waals surface area contributed by atoms with Crippen LogP contribution in [0.3, 0.4) is 0 Å². The van der Waals surface area contributed by atoms with Gasteiger partial charge in [-0.05, 0) is 6.07 Å². The Morgan fingerprint density at radius 2 is 2.19 bits per heavy atom. The molecule has 0 unspecified atom stereocenters. The molecule has 1 saturated heterocycles. The lowest BCUT2D eigenvalue weighted by Gasteiger charge is -2.26. The fraction of sp³-hybridized carbons (Fsp3) is 0.455. The SMILES string of the molecule is c1cc2nc(CN3CCNCC3)cn2cn1. The zero-order valence-electron chi connectivity index (χ0n) is 9.13. The Hall–Kier alpha value is -1.46. The number of aromatic nitrogens is 3. The minimum Gasteiger partial charge on any atom is -0.314 e. The molecule has 1 fully saturated rings. The van der Waals surface area contributed by atoms with Crippen LogP contribution in [0.2, 0.25) is 0 Å². The standard InChI is InChI=1S/C11H15N5/c1-2-13-9-16-8-10(14-11(1)16)7-15-5-3-12-4-6-15/h1-2,8-9,12H,3-7H2. The summed E-state index contributed by atoms with van der Waals surface area (Å²) >= 11 is 0. The average Bonchev–Trinajstić information content (AvgIpc) is 2.72. The summed E-state index contributed by atoms with van der Waals surface area (Å²) in [6.45, 7) is 5.30. The molecule has 16 heavy (non-hydrogen) atoms. The Labute approximate surface area is 94.1 Å². The van der Waals surface area contributed by atoms with E-state index in [2.05, 4.69) is 26.4 Å². The smallest absolute Gasteiger partial charge is 0.139 e. The van der Waals surface area contributed by atoms with Crippen LogP contribution in [-0.2, 0) is 6.54 Å². The molecule has 5 heteroatoms. The van der Waals surface area contributed by atoms with E-state index in [1.807, 2.05) is 10.5 Å². The third-order valence-electron chi connectivity index (χ3n) is 2.91. The zero-order chi connectivity index (χ0) is 10.8. The molecule has 84 valence electrons. The number of imidazole rings is 1. The molecule has 1 aliphatic rings. The predicted octanol–water partition coefficient (Wildman–Crippen LogP) is 0.134. The molecule has 3 rings (SSSR count). The van der Waals surface area contributed by atoms with Gasteiger partial charge in [0, 0.05) is 45.1 Å². The molecule has 2 aromatic rings. The first kappa shape index (κ1) is 9.74. The van der Waals surface area contributed by atoms with Crippen molar-refractivity contribution in [2.24, 2.45) is 0 Å². The molecule has 0 bridgehead atoms. The maximum atomic E-state index is 4.57. The molecular formula is C11H15N5. The molecule has 1 N–H and O–H groups in total. The second-order valence-corrected chi connectivity index (χ2v) is 4.10. The highest BCUT2D eigenvalue weighted by atomic mass is 15.2. The quantitative estimate of drug-likeness (QED) is 0.777. The fourth-order valence-corrected chi connectivity index (χ4v) is 2.07. The normalized spacial score (nSPS) is 18.0. The van der Waals surface area contributed by atoms with Crippen LogP contribution in [0, 0.1) is 0 Å². The van der Waals surface area contributed by atoms with Gasteiger partial charge in [-0.2, -0.15) is 0 Å². The van der Waals surface area contributed by atoms with E-state index in [0.717, 1.165) is 44.1 Å². The van der Waals surface area contributed by atoms with Gasteiger partial charge in [0.2, 0.25) is 0 Å². The van der Waals surface area contributed by atoms with Crippen molar-refractivity contribution in [3.05, 3.63) is 30.5 Å². The second kappa shape index (κ2) is 4.19. The first-order chi connectivity index (χ1) is 7.92. The third kappa shape index (κ3) is 1.91. The highest BCUT2D eigenvalue weighted by Crippen LogP contribution is 2.06. The molecule has 0 saturated carbocycles. The summed E-state index contributed by atoms with van der Waals surface area (Å²) in [5, 5.41) is 3.35. The summed E-state index contributed by atoms with van der Waals surface area (Å²) in [5.74, 6) is 0. The van der Waals surface area contributed by atoms with Crippen molar-refractivity contribution in [1.82, 2.24) is 24.6 Å². The van der Waals surface area contributed by atoms with Gasteiger partial charge in [0.15, 0.2) is 0 Å². The molecule has 5 nitrogen and oxygen atoms in total. The Balaban J connectivity index is 1.78. The number of rotatable bonds is 2. The average molecular weight is 217 g/mol. The number of hydrogen-bond donors (Lipinski definition) is 1. The predicted molar refractivity (Wildman–Crippen MR) is 61.1 cm³/mol. The molecule has 0 aromatic carbocycles. The lowest BCUT2D eigenvalue weighted by atomic mass is 10.3. The van der Waals surface area contributed by atoms with Gasteiger partial charge in [0.25, 0.3) is 0 Å². The van der Waals surface area contributed by atoms with E-state index >= 15 is 0 Å². The summed E-state index contributed by atoms with van der Waals surface area (Å²) < 4.78 is 1.97. The molecule has 0 radical (unpaired) electrons. The third-order valence-corrected chi connectivity index (χ3v) is 2.91. The van der Waals surface area contributed by atoms with Gasteiger partial charge in [0.1, 0.15) is 12.0 Å². The van der Waals surface area contributed by atoms with E-state index in [1.165, 1.54) is 0 Å². The van der Waals surface area contributed by atoms with Crippen molar-refractivity contribution in [3.63, 3.8) is 0 Å². The Morgan fingerprint density at radius 3 is 3.00 bits per heavy atom. The molecule has 1 aliphatic heterocycles. The van der Waals surface area contributed by atoms with E-state index in [9.17, 15) is 0 Å². The minimum absolute atomic E-state index is 0.934. The highest BCUT2D eigenvalue weighted by molar-refractivity contribution is 5.37. The molecular weight excluding hydrogens is 202 g/mol. The first-order valence-electron chi connectivity index (χ1n) is 5.62. The number of fused-ring (bicyclic) bond motifs is 1. The number of piperazine rings is 1. The van der Waals surface area contributed by atoms with E-state index in [1.54, 1.807) is 12.5 Å². The van der Waals surface area contributed by atoms with E-state index < -0.39 is 0 Å². The summed E-state index contributed by atoms with van der Waals surface area (Å²) in [5.41, 5.74) is 2.09. The Morgan fingerprint density at radius 1 is 1.31 bits per heavy atom. The van der Waals surface area contributed by atoms with Crippen LogP contribution in [0.5, 0.6) is 0 Å². The molecule has 0 aliphatic carbocycles. The second-order valence-electron chi connectivity index (χ2n) is 4.10. The lowest BCUT2D eigenvalue weighted by molar-refractivity contribution is 0.231. The zero-order valence-corrected chi connectivity index (χ0v) is 9.13. The van der Waals surface area contributed by atoms with Crippen molar-refractivity contribution in [2.75, 3.05) is 26.2 Å². The van der Waals surface area contributed by atoms with Gasteiger partial charge < -0.3 is 5.32 Å². The van der Waals surface area contributed by atoms with Gasteiger partial charge in [-0.3, -0.25) is 9.30 Å². The molecule has 2 aromatic heterocycles. The van der Waals surface area contributed by atoms with Crippen LogP contribution in [-0.4, -0.2) is 45.4 Å². The first-order valence-corrected chi connectivity index (χ1v) is 5.62. The van der Waals surface area contributed by atoms with Gasteiger partial charge in [0.05, 0.1) is 5.69 Å². The molecule has 0 amide bonds. The van der Waals surface area contributed by atoms with Crippen molar-refractivity contribution >= 4 is 5.65 Å². The maximum Gasteiger partial charge on any atom is 0.139 e. The summed E-state index contributed by atoms with van der Waals surface area (Å²) in [6.07, 6.45) is 5.63. The number of nitrogens with zero attached hydrogens (tertiary/aromatic N) is 4.